The number of aromatic nitrogens is 2. The molecule has 3 rings (SSSR count). The summed E-state index contributed by atoms with van der Waals surface area (Å²) >= 11 is 0. The first-order chi connectivity index (χ1) is 15.0. The van der Waals surface area contributed by atoms with Gasteiger partial charge in [0.05, 0.1) is 24.9 Å². The number of guanidine groups is 1. The second-order valence-electron chi connectivity index (χ2n) is 7.10. The molecular weight excluding hydrogens is 522 g/mol. The highest BCUT2D eigenvalue weighted by molar-refractivity contribution is 14.0. The fourth-order valence-corrected chi connectivity index (χ4v) is 3.16. The van der Waals surface area contributed by atoms with Crippen molar-refractivity contribution in [2.75, 3.05) is 27.2 Å². The van der Waals surface area contributed by atoms with Gasteiger partial charge in [-0.05, 0) is 23.3 Å². The lowest BCUT2D eigenvalue weighted by atomic mass is 10.1. The molecule has 2 aromatic carbocycles. The van der Waals surface area contributed by atoms with Crippen LogP contribution in [0.15, 0.2) is 65.8 Å². The first kappa shape index (κ1) is 25.3. The molecule has 3 aromatic rings. The van der Waals surface area contributed by atoms with Crippen molar-refractivity contribution in [2.45, 2.75) is 13.0 Å². The number of nitrogens with zero attached hydrogens (tertiary/aromatic N) is 3. The summed E-state index contributed by atoms with van der Waals surface area (Å²) in [6.07, 6.45) is 1.97. The van der Waals surface area contributed by atoms with Gasteiger partial charge in [0.2, 0.25) is 5.91 Å². The Bertz CT molecular complexity index is 1020. The van der Waals surface area contributed by atoms with Gasteiger partial charge in [-0.25, -0.2) is 9.37 Å². The average Bonchev–Trinajstić information content (AvgIpc) is 3.23. The number of amides is 1. The number of carbonyl (C=O) groups excluding carboxylic acids is 1. The van der Waals surface area contributed by atoms with Crippen LogP contribution in [0.3, 0.4) is 0 Å². The molecule has 170 valence electrons. The summed E-state index contributed by atoms with van der Waals surface area (Å²) in [5.74, 6) is 1.02. The van der Waals surface area contributed by atoms with Gasteiger partial charge >= 0.3 is 0 Å². The summed E-state index contributed by atoms with van der Waals surface area (Å²) in [6.45, 7) is 1.50. The van der Waals surface area contributed by atoms with E-state index in [0.29, 0.717) is 31.2 Å². The number of aliphatic imine (C=N–C) groups is 1. The third kappa shape index (κ3) is 7.63. The molecule has 7 nitrogen and oxygen atoms in total. The molecule has 0 aliphatic carbocycles. The maximum atomic E-state index is 13.2. The van der Waals surface area contributed by atoms with Crippen molar-refractivity contribution >= 4 is 35.8 Å². The largest absolute Gasteiger partial charge is 0.354 e. The number of H-pyrrole nitrogens is 1. The molecule has 0 aliphatic rings. The van der Waals surface area contributed by atoms with Crippen molar-refractivity contribution in [2.24, 2.45) is 4.99 Å². The fourth-order valence-electron chi connectivity index (χ4n) is 3.16. The molecule has 0 saturated carbocycles. The maximum Gasteiger partial charge on any atom is 0.224 e. The Labute approximate surface area is 204 Å². The molecule has 0 unspecified atom stereocenters. The van der Waals surface area contributed by atoms with E-state index in [0.717, 1.165) is 17.1 Å². The van der Waals surface area contributed by atoms with Crippen LogP contribution in [0.25, 0.3) is 11.3 Å². The molecule has 1 heterocycles. The number of benzene rings is 2. The number of nitrogens with one attached hydrogen (secondary N) is 3. The Morgan fingerprint density at radius 3 is 2.59 bits per heavy atom. The lowest BCUT2D eigenvalue weighted by molar-refractivity contribution is -0.120. The quantitative estimate of drug-likeness (QED) is 0.174. The first-order valence-electron chi connectivity index (χ1n) is 10.1. The Kier molecular flexibility index (Phi) is 10.1. The molecule has 1 amide bonds. The minimum Gasteiger partial charge on any atom is -0.354 e. The van der Waals surface area contributed by atoms with Gasteiger partial charge in [-0.3, -0.25) is 9.79 Å². The predicted octanol–water partition coefficient (Wildman–Crippen LogP) is 3.20. The highest BCUT2D eigenvalue weighted by atomic mass is 127. The van der Waals surface area contributed by atoms with Crippen molar-refractivity contribution < 1.29 is 9.18 Å². The summed E-state index contributed by atoms with van der Waals surface area (Å²) in [5.41, 5.74) is 2.70. The molecule has 32 heavy (non-hydrogen) atoms. The van der Waals surface area contributed by atoms with Crippen LogP contribution in [0.5, 0.6) is 0 Å². The Balaban J connectivity index is 0.00000363. The molecular formula is C23H28FIN6O. The lowest BCUT2D eigenvalue weighted by Crippen LogP contribution is -2.42. The number of aromatic amines is 1. The topological polar surface area (TPSA) is 85.4 Å². The molecule has 9 heteroatoms. The number of carbonyl (C=O) groups is 1. The molecule has 3 N–H and O–H groups in total. The number of imidazole rings is 1. The Hall–Kier alpha value is -2.95. The van der Waals surface area contributed by atoms with E-state index in [1.165, 1.54) is 12.1 Å². The summed E-state index contributed by atoms with van der Waals surface area (Å²) in [4.78, 5) is 26.0. The summed E-state index contributed by atoms with van der Waals surface area (Å²) in [7, 11) is 3.63. The second kappa shape index (κ2) is 12.8. The lowest BCUT2D eigenvalue weighted by Gasteiger charge is -2.21. The molecule has 1 aromatic heterocycles. The highest BCUT2D eigenvalue weighted by Crippen LogP contribution is 2.16. The van der Waals surface area contributed by atoms with E-state index in [9.17, 15) is 9.18 Å². The fraction of sp³-hybridized carbons (Fsp3) is 0.261. The zero-order chi connectivity index (χ0) is 22.1. The molecule has 0 spiro atoms. The Morgan fingerprint density at radius 1 is 1.12 bits per heavy atom. The summed E-state index contributed by atoms with van der Waals surface area (Å²) in [5, 5.41) is 6.04. The predicted molar refractivity (Wildman–Crippen MR) is 135 cm³/mol. The normalized spacial score (nSPS) is 10.9. The van der Waals surface area contributed by atoms with Crippen LogP contribution < -0.4 is 10.6 Å². The van der Waals surface area contributed by atoms with Gasteiger partial charge < -0.3 is 20.5 Å². The van der Waals surface area contributed by atoms with Crippen LogP contribution in [0.4, 0.5) is 4.39 Å². The third-order valence-corrected chi connectivity index (χ3v) is 4.66. The van der Waals surface area contributed by atoms with E-state index in [4.69, 9.17) is 0 Å². The van der Waals surface area contributed by atoms with Crippen LogP contribution in [-0.4, -0.2) is 53.9 Å². The van der Waals surface area contributed by atoms with Crippen molar-refractivity contribution in [1.29, 1.82) is 0 Å². The van der Waals surface area contributed by atoms with Crippen molar-refractivity contribution in [3.05, 3.63) is 78.0 Å². The van der Waals surface area contributed by atoms with E-state index in [1.807, 2.05) is 48.5 Å². The number of hydrogen-bond acceptors (Lipinski definition) is 3. The number of rotatable bonds is 8. The maximum absolute atomic E-state index is 13.2. The van der Waals surface area contributed by atoms with Gasteiger partial charge in [0, 0.05) is 27.2 Å². The molecule has 0 bridgehead atoms. The molecule has 0 saturated heterocycles. The third-order valence-electron chi connectivity index (χ3n) is 4.66. The van der Waals surface area contributed by atoms with Crippen molar-refractivity contribution in [3.63, 3.8) is 0 Å². The van der Waals surface area contributed by atoms with E-state index < -0.39 is 0 Å². The van der Waals surface area contributed by atoms with Crippen LogP contribution in [-0.2, 0) is 17.8 Å². The number of halogens is 2. The minimum absolute atomic E-state index is 0. The van der Waals surface area contributed by atoms with Crippen molar-refractivity contribution in [3.8, 4) is 11.3 Å². The first-order valence-corrected chi connectivity index (χ1v) is 10.1. The molecule has 0 fully saturated rings. The van der Waals surface area contributed by atoms with Gasteiger partial charge in [-0.1, -0.05) is 42.5 Å². The highest BCUT2D eigenvalue weighted by Gasteiger charge is 2.10. The minimum atomic E-state index is -0.341. The van der Waals surface area contributed by atoms with Crippen LogP contribution in [0.1, 0.15) is 11.4 Å². The summed E-state index contributed by atoms with van der Waals surface area (Å²) in [6, 6.07) is 16.1. The van der Waals surface area contributed by atoms with E-state index in [-0.39, 0.29) is 42.1 Å². The van der Waals surface area contributed by atoms with Crippen LogP contribution >= 0.6 is 24.0 Å². The van der Waals surface area contributed by atoms with Crippen LogP contribution in [0, 0.1) is 5.82 Å². The molecule has 0 atom stereocenters. The molecule has 0 radical (unpaired) electrons. The molecule has 0 aliphatic heterocycles. The SMILES string of the molecule is CN=C(NCCNC(=O)Cc1cccc(F)c1)N(C)Cc1ncc(-c2ccccc2)[nH]1.I. The van der Waals surface area contributed by atoms with Gasteiger partial charge in [0.25, 0.3) is 0 Å². The van der Waals surface area contributed by atoms with Gasteiger partial charge in [0.1, 0.15) is 11.6 Å². The van der Waals surface area contributed by atoms with Gasteiger partial charge in [-0.2, -0.15) is 0 Å². The van der Waals surface area contributed by atoms with E-state index in [1.54, 1.807) is 19.2 Å². The Morgan fingerprint density at radius 2 is 1.88 bits per heavy atom. The second-order valence-corrected chi connectivity index (χ2v) is 7.10. The zero-order valence-electron chi connectivity index (χ0n) is 18.1. The van der Waals surface area contributed by atoms with Crippen molar-refractivity contribution in [1.82, 2.24) is 25.5 Å². The van der Waals surface area contributed by atoms with Gasteiger partial charge in [-0.15, -0.1) is 24.0 Å². The van der Waals surface area contributed by atoms with E-state index >= 15 is 0 Å². The van der Waals surface area contributed by atoms with E-state index in [2.05, 4.69) is 25.6 Å². The summed E-state index contributed by atoms with van der Waals surface area (Å²) < 4.78 is 13.2. The van der Waals surface area contributed by atoms with Crippen LogP contribution in [0.2, 0.25) is 0 Å². The zero-order valence-corrected chi connectivity index (χ0v) is 20.5. The number of hydrogen-bond donors (Lipinski definition) is 3. The van der Waals surface area contributed by atoms with Gasteiger partial charge in [0.15, 0.2) is 5.96 Å². The standard InChI is InChI=1S/C23H27FN6O.HI/c1-25-23(27-12-11-26-22(31)14-17-7-6-10-19(24)13-17)30(2)16-21-28-15-20(29-21)18-8-4-3-5-9-18;/h3-10,13,15H,11-12,14,16H2,1-2H3,(H,25,27)(H,26,31)(H,28,29);1H. The smallest absolute Gasteiger partial charge is 0.224 e. The average molecular weight is 550 g/mol. The monoisotopic (exact) mass is 550 g/mol.